The molecule has 0 bridgehead atoms. The maximum Gasteiger partial charge on any atom is 0.278 e. The van der Waals surface area contributed by atoms with Gasteiger partial charge in [0.25, 0.3) is 5.69 Å². The van der Waals surface area contributed by atoms with Crippen LogP contribution < -0.4 is 0 Å². The van der Waals surface area contributed by atoms with Gasteiger partial charge >= 0.3 is 0 Å². The molecule has 0 aliphatic rings. The highest BCUT2D eigenvalue weighted by Crippen LogP contribution is 2.21. The second-order valence-electron chi connectivity index (χ2n) is 3.47. The first kappa shape index (κ1) is 11.4. The van der Waals surface area contributed by atoms with Crippen molar-refractivity contribution in [2.75, 3.05) is 0 Å². The van der Waals surface area contributed by atoms with E-state index in [4.69, 9.17) is 12.2 Å². The zero-order chi connectivity index (χ0) is 12.3. The molecular formula is C13H9NO2S. The number of thiocarbonyl (C=S) groups is 1. The Morgan fingerprint density at radius 3 is 2.24 bits per heavy atom. The summed E-state index contributed by atoms with van der Waals surface area (Å²) < 4.78 is 0. The number of benzene rings is 2. The molecule has 4 heteroatoms. The lowest BCUT2D eigenvalue weighted by Crippen LogP contribution is -2.03. The van der Waals surface area contributed by atoms with Gasteiger partial charge in [-0.3, -0.25) is 10.1 Å². The van der Waals surface area contributed by atoms with Crippen LogP contribution in [-0.4, -0.2) is 9.79 Å². The third-order valence-electron chi connectivity index (χ3n) is 2.38. The maximum absolute atomic E-state index is 10.9. The van der Waals surface area contributed by atoms with Gasteiger partial charge in [0.1, 0.15) is 0 Å². The van der Waals surface area contributed by atoms with E-state index in [0.29, 0.717) is 10.4 Å². The number of rotatable bonds is 3. The first-order chi connectivity index (χ1) is 8.20. The average Bonchev–Trinajstić information content (AvgIpc) is 2.39. The minimum atomic E-state index is -0.412. The third-order valence-corrected chi connectivity index (χ3v) is 2.84. The number of hydrogen-bond donors (Lipinski definition) is 0. The van der Waals surface area contributed by atoms with Gasteiger partial charge in [-0.2, -0.15) is 0 Å². The summed E-state index contributed by atoms with van der Waals surface area (Å²) in [6.45, 7) is 0. The molecule has 0 spiro atoms. The molecule has 0 unspecified atom stereocenters. The molecule has 2 rings (SSSR count). The van der Waals surface area contributed by atoms with Crippen molar-refractivity contribution < 1.29 is 4.92 Å². The van der Waals surface area contributed by atoms with Gasteiger partial charge in [-0.15, -0.1) is 0 Å². The van der Waals surface area contributed by atoms with Crippen LogP contribution in [0.5, 0.6) is 0 Å². The SMILES string of the molecule is O=[N+]([O-])c1ccccc1C(=S)c1ccccc1. The molecule has 0 aromatic heterocycles. The Labute approximate surface area is 104 Å². The minimum Gasteiger partial charge on any atom is -0.258 e. The average molecular weight is 243 g/mol. The monoisotopic (exact) mass is 243 g/mol. The number of hydrogen-bond acceptors (Lipinski definition) is 3. The van der Waals surface area contributed by atoms with Gasteiger partial charge in [-0.1, -0.05) is 54.7 Å². The summed E-state index contributed by atoms with van der Waals surface area (Å²) >= 11 is 5.29. The summed E-state index contributed by atoms with van der Waals surface area (Å²) in [6, 6.07) is 15.8. The van der Waals surface area contributed by atoms with Gasteiger partial charge in [0.15, 0.2) is 0 Å². The van der Waals surface area contributed by atoms with Crippen LogP contribution >= 0.6 is 12.2 Å². The minimum absolute atomic E-state index is 0.0429. The lowest BCUT2D eigenvalue weighted by molar-refractivity contribution is -0.385. The summed E-state index contributed by atoms with van der Waals surface area (Å²) in [4.78, 5) is 11.0. The van der Waals surface area contributed by atoms with Crippen molar-refractivity contribution in [1.82, 2.24) is 0 Å². The number of nitro groups is 1. The van der Waals surface area contributed by atoms with E-state index in [-0.39, 0.29) is 5.69 Å². The molecule has 3 nitrogen and oxygen atoms in total. The van der Waals surface area contributed by atoms with Crippen molar-refractivity contribution in [1.29, 1.82) is 0 Å². The summed E-state index contributed by atoms with van der Waals surface area (Å²) in [5.41, 5.74) is 1.34. The zero-order valence-electron chi connectivity index (χ0n) is 8.87. The van der Waals surface area contributed by atoms with Crippen molar-refractivity contribution in [2.24, 2.45) is 0 Å². The van der Waals surface area contributed by atoms with E-state index in [9.17, 15) is 10.1 Å². The molecule has 0 amide bonds. The second kappa shape index (κ2) is 4.84. The van der Waals surface area contributed by atoms with Crippen molar-refractivity contribution >= 4 is 22.8 Å². The predicted molar refractivity (Wildman–Crippen MR) is 70.3 cm³/mol. The van der Waals surface area contributed by atoms with Crippen molar-refractivity contribution in [2.45, 2.75) is 0 Å². The summed E-state index contributed by atoms with van der Waals surface area (Å²) in [7, 11) is 0. The van der Waals surface area contributed by atoms with Gasteiger partial charge in [0, 0.05) is 6.07 Å². The van der Waals surface area contributed by atoms with E-state index in [1.54, 1.807) is 18.2 Å². The highest BCUT2D eigenvalue weighted by atomic mass is 32.1. The van der Waals surface area contributed by atoms with E-state index in [0.717, 1.165) is 5.56 Å². The molecule has 0 aliphatic heterocycles. The summed E-state index contributed by atoms with van der Waals surface area (Å²) in [6.07, 6.45) is 0. The molecular weight excluding hydrogens is 234 g/mol. The van der Waals surface area contributed by atoms with Crippen molar-refractivity contribution in [3.63, 3.8) is 0 Å². The number of para-hydroxylation sites is 1. The molecule has 0 saturated carbocycles. The molecule has 0 heterocycles. The van der Waals surface area contributed by atoms with Crippen LogP contribution in [0.2, 0.25) is 0 Å². The van der Waals surface area contributed by atoms with Crippen molar-refractivity contribution in [3.8, 4) is 0 Å². The van der Waals surface area contributed by atoms with Gasteiger partial charge in [-0.05, 0) is 11.6 Å². The van der Waals surface area contributed by atoms with E-state index in [1.165, 1.54) is 6.07 Å². The van der Waals surface area contributed by atoms with E-state index >= 15 is 0 Å². The fourth-order valence-corrected chi connectivity index (χ4v) is 1.88. The highest BCUT2D eigenvalue weighted by molar-refractivity contribution is 7.81. The maximum atomic E-state index is 10.9. The normalized spacial score (nSPS) is 9.88. The lowest BCUT2D eigenvalue weighted by atomic mass is 10.0. The Hall–Kier alpha value is -2.07. The molecule has 2 aromatic rings. The Morgan fingerprint density at radius 1 is 1.00 bits per heavy atom. The standard InChI is InChI=1S/C13H9NO2S/c15-14(16)12-9-5-4-8-11(12)13(17)10-6-2-1-3-7-10/h1-9H. The van der Waals surface area contributed by atoms with Gasteiger partial charge in [-0.25, -0.2) is 0 Å². The number of nitrogens with zero attached hydrogens (tertiary/aromatic N) is 1. The van der Waals surface area contributed by atoms with Crippen LogP contribution in [0.25, 0.3) is 0 Å². The molecule has 2 aromatic carbocycles. The van der Waals surface area contributed by atoms with Crippen LogP contribution in [0, 0.1) is 10.1 Å². The zero-order valence-corrected chi connectivity index (χ0v) is 9.68. The van der Waals surface area contributed by atoms with Crippen LogP contribution in [0.15, 0.2) is 54.6 Å². The second-order valence-corrected chi connectivity index (χ2v) is 3.88. The molecule has 0 aliphatic carbocycles. The molecule has 0 atom stereocenters. The van der Waals surface area contributed by atoms with E-state index in [2.05, 4.69) is 0 Å². The molecule has 0 radical (unpaired) electrons. The Morgan fingerprint density at radius 2 is 1.59 bits per heavy atom. The molecule has 84 valence electrons. The Bertz CT molecular complexity index is 567. The predicted octanol–water partition coefficient (Wildman–Crippen LogP) is 3.36. The van der Waals surface area contributed by atoms with Crippen molar-refractivity contribution in [3.05, 3.63) is 75.8 Å². The quantitative estimate of drug-likeness (QED) is 0.359. The fraction of sp³-hybridized carbons (Fsp3) is 0. The highest BCUT2D eigenvalue weighted by Gasteiger charge is 2.16. The molecule has 0 N–H and O–H groups in total. The largest absolute Gasteiger partial charge is 0.278 e. The summed E-state index contributed by atoms with van der Waals surface area (Å²) in [5, 5.41) is 10.9. The van der Waals surface area contributed by atoms with Crippen LogP contribution in [0.3, 0.4) is 0 Å². The van der Waals surface area contributed by atoms with E-state index in [1.807, 2.05) is 30.3 Å². The van der Waals surface area contributed by atoms with Crippen LogP contribution in [0.1, 0.15) is 11.1 Å². The fourth-order valence-electron chi connectivity index (χ4n) is 1.57. The summed E-state index contributed by atoms with van der Waals surface area (Å²) in [5.74, 6) is 0. The lowest BCUT2D eigenvalue weighted by Gasteiger charge is -2.04. The molecule has 0 fully saturated rings. The van der Waals surface area contributed by atoms with Crippen LogP contribution in [0.4, 0.5) is 5.69 Å². The molecule has 0 saturated heterocycles. The Balaban J connectivity index is 2.48. The first-order valence-electron chi connectivity index (χ1n) is 5.03. The smallest absolute Gasteiger partial charge is 0.258 e. The van der Waals surface area contributed by atoms with Crippen LogP contribution in [-0.2, 0) is 0 Å². The van der Waals surface area contributed by atoms with E-state index < -0.39 is 4.92 Å². The van der Waals surface area contributed by atoms with Gasteiger partial charge < -0.3 is 0 Å². The third kappa shape index (κ3) is 2.37. The van der Waals surface area contributed by atoms with Gasteiger partial charge in [0.05, 0.1) is 15.4 Å². The Kier molecular flexibility index (Phi) is 3.25. The first-order valence-corrected chi connectivity index (χ1v) is 5.44. The van der Waals surface area contributed by atoms with Gasteiger partial charge in [0.2, 0.25) is 0 Å². The topological polar surface area (TPSA) is 43.1 Å². The molecule has 17 heavy (non-hydrogen) atoms. The number of nitro benzene ring substituents is 1.